The third kappa shape index (κ3) is 4.55. The van der Waals surface area contributed by atoms with Crippen molar-refractivity contribution in [3.63, 3.8) is 0 Å². The minimum Gasteiger partial charge on any atom is -0.334 e. The predicted octanol–water partition coefficient (Wildman–Crippen LogP) is 2.84. The molecule has 6 heteroatoms. The van der Waals surface area contributed by atoms with Crippen molar-refractivity contribution in [3.8, 4) is 5.82 Å². The summed E-state index contributed by atoms with van der Waals surface area (Å²) in [5, 5.41) is 7.16. The summed E-state index contributed by atoms with van der Waals surface area (Å²) in [6.07, 6.45) is 6.25. The Bertz CT molecular complexity index is 624. The lowest BCUT2D eigenvalue weighted by Crippen LogP contribution is -2.42. The molecule has 0 aliphatic rings. The first-order valence-electron chi connectivity index (χ1n) is 7.93. The van der Waals surface area contributed by atoms with Crippen LogP contribution in [0.15, 0.2) is 36.8 Å². The average Bonchev–Trinajstić information content (AvgIpc) is 3.05. The van der Waals surface area contributed by atoms with Crippen LogP contribution in [0.1, 0.15) is 32.8 Å². The van der Waals surface area contributed by atoms with Crippen molar-refractivity contribution < 1.29 is 4.79 Å². The number of rotatable bonds is 6. The van der Waals surface area contributed by atoms with Crippen LogP contribution in [0.4, 0.5) is 4.79 Å². The van der Waals surface area contributed by atoms with Crippen LogP contribution in [0.2, 0.25) is 0 Å². The van der Waals surface area contributed by atoms with E-state index in [0.717, 1.165) is 17.8 Å². The van der Waals surface area contributed by atoms with Gasteiger partial charge in [0, 0.05) is 43.8 Å². The maximum Gasteiger partial charge on any atom is 0.317 e. The molecule has 2 aromatic heterocycles. The molecule has 0 bridgehead atoms. The molecule has 6 nitrogen and oxygen atoms in total. The van der Waals surface area contributed by atoms with Crippen molar-refractivity contribution in [2.75, 3.05) is 7.05 Å². The average molecular weight is 315 g/mol. The van der Waals surface area contributed by atoms with Crippen molar-refractivity contribution in [3.05, 3.63) is 42.4 Å². The molecule has 2 amide bonds. The van der Waals surface area contributed by atoms with Gasteiger partial charge in [0.05, 0.1) is 0 Å². The molecule has 2 aromatic rings. The smallest absolute Gasteiger partial charge is 0.317 e. The molecule has 1 atom stereocenters. The quantitative estimate of drug-likeness (QED) is 0.891. The van der Waals surface area contributed by atoms with Gasteiger partial charge in [-0.1, -0.05) is 19.9 Å². The summed E-state index contributed by atoms with van der Waals surface area (Å²) in [6, 6.07) is 5.78. The Morgan fingerprint density at radius 3 is 2.74 bits per heavy atom. The lowest BCUT2D eigenvalue weighted by Gasteiger charge is -2.26. The number of hydrogen-bond acceptors (Lipinski definition) is 3. The number of hydrogen-bond donors (Lipinski definition) is 1. The molecule has 2 rings (SSSR count). The van der Waals surface area contributed by atoms with Crippen LogP contribution in [-0.4, -0.2) is 38.8 Å². The summed E-state index contributed by atoms with van der Waals surface area (Å²) in [5.41, 5.74) is 0.925. The molecule has 0 fully saturated rings. The number of nitrogens with zero attached hydrogens (tertiary/aromatic N) is 4. The van der Waals surface area contributed by atoms with Crippen molar-refractivity contribution in [2.24, 2.45) is 5.92 Å². The number of aromatic nitrogens is 3. The third-order valence-corrected chi connectivity index (χ3v) is 3.81. The Balaban J connectivity index is 2.00. The summed E-state index contributed by atoms with van der Waals surface area (Å²) in [7, 11) is 1.83. The zero-order valence-electron chi connectivity index (χ0n) is 14.2. The highest BCUT2D eigenvalue weighted by Gasteiger charge is 2.17. The van der Waals surface area contributed by atoms with E-state index in [-0.39, 0.29) is 12.1 Å². The van der Waals surface area contributed by atoms with E-state index in [4.69, 9.17) is 0 Å². The molecule has 124 valence electrons. The van der Waals surface area contributed by atoms with E-state index in [0.29, 0.717) is 12.5 Å². The summed E-state index contributed by atoms with van der Waals surface area (Å²) in [5.74, 6) is 1.29. The van der Waals surface area contributed by atoms with Crippen LogP contribution in [-0.2, 0) is 6.54 Å². The van der Waals surface area contributed by atoms with Gasteiger partial charge in [-0.3, -0.25) is 0 Å². The maximum atomic E-state index is 12.3. The third-order valence-electron chi connectivity index (χ3n) is 3.81. The molecule has 0 aliphatic heterocycles. The van der Waals surface area contributed by atoms with Gasteiger partial charge in [0.25, 0.3) is 0 Å². The first-order valence-corrected chi connectivity index (χ1v) is 7.93. The number of nitrogens with one attached hydrogen (secondary N) is 1. The molecule has 1 N–H and O–H groups in total. The molecular formula is C17H25N5O. The van der Waals surface area contributed by atoms with E-state index >= 15 is 0 Å². The highest BCUT2D eigenvalue weighted by atomic mass is 16.2. The fourth-order valence-corrected chi connectivity index (χ4v) is 2.50. The monoisotopic (exact) mass is 315 g/mol. The lowest BCUT2D eigenvalue weighted by atomic mass is 10.0. The minimum absolute atomic E-state index is 0.0755. The van der Waals surface area contributed by atoms with Crippen LogP contribution in [0.25, 0.3) is 5.82 Å². The fourth-order valence-electron chi connectivity index (χ4n) is 2.50. The van der Waals surface area contributed by atoms with E-state index in [9.17, 15) is 4.79 Å². The first kappa shape index (κ1) is 17.0. The summed E-state index contributed by atoms with van der Waals surface area (Å²) < 4.78 is 1.70. The minimum atomic E-state index is -0.0755. The second-order valence-corrected chi connectivity index (χ2v) is 6.18. The van der Waals surface area contributed by atoms with E-state index < -0.39 is 0 Å². The predicted molar refractivity (Wildman–Crippen MR) is 90.3 cm³/mol. The number of carbonyl (C=O) groups excluding carboxylic acids is 1. The fraction of sp³-hybridized carbons (Fsp3) is 0.471. The van der Waals surface area contributed by atoms with Gasteiger partial charge in [-0.25, -0.2) is 14.5 Å². The Morgan fingerprint density at radius 2 is 2.09 bits per heavy atom. The summed E-state index contributed by atoms with van der Waals surface area (Å²) in [4.78, 5) is 18.4. The van der Waals surface area contributed by atoms with E-state index in [1.165, 1.54) is 0 Å². The zero-order valence-corrected chi connectivity index (χ0v) is 14.2. The first-order chi connectivity index (χ1) is 11.0. The van der Waals surface area contributed by atoms with Gasteiger partial charge in [0.1, 0.15) is 0 Å². The van der Waals surface area contributed by atoms with Crippen LogP contribution in [0.5, 0.6) is 0 Å². The topological polar surface area (TPSA) is 63.1 Å². The zero-order chi connectivity index (χ0) is 16.8. The Labute approximate surface area is 137 Å². The Kier molecular flexibility index (Phi) is 5.73. The van der Waals surface area contributed by atoms with Crippen LogP contribution in [0.3, 0.4) is 0 Å². The number of pyridine rings is 1. The number of amides is 2. The lowest BCUT2D eigenvalue weighted by molar-refractivity contribution is 0.186. The highest BCUT2D eigenvalue weighted by Crippen LogP contribution is 2.12. The largest absolute Gasteiger partial charge is 0.334 e. The molecule has 0 saturated carbocycles. The maximum absolute atomic E-state index is 12.3. The molecule has 0 aromatic carbocycles. The summed E-state index contributed by atoms with van der Waals surface area (Å²) >= 11 is 0. The molecule has 0 aliphatic carbocycles. The Morgan fingerprint density at radius 1 is 1.30 bits per heavy atom. The van der Waals surface area contributed by atoms with Gasteiger partial charge in [-0.2, -0.15) is 5.10 Å². The van der Waals surface area contributed by atoms with Crippen LogP contribution in [0, 0.1) is 5.92 Å². The van der Waals surface area contributed by atoms with Gasteiger partial charge in [-0.15, -0.1) is 0 Å². The van der Waals surface area contributed by atoms with Crippen LogP contribution >= 0.6 is 0 Å². The highest BCUT2D eigenvalue weighted by molar-refractivity contribution is 5.74. The molecule has 0 radical (unpaired) electrons. The van der Waals surface area contributed by atoms with Crippen molar-refractivity contribution in [1.82, 2.24) is 25.0 Å². The van der Waals surface area contributed by atoms with Crippen molar-refractivity contribution in [2.45, 2.75) is 39.8 Å². The SMILES string of the molecule is CC(C)C[C@H](C)N(C)C(=O)NCc1cccnc1-n1cccn1. The number of carbonyl (C=O) groups is 1. The van der Waals surface area contributed by atoms with Gasteiger partial charge >= 0.3 is 6.03 Å². The van der Waals surface area contributed by atoms with Crippen LogP contribution < -0.4 is 5.32 Å². The van der Waals surface area contributed by atoms with Crippen molar-refractivity contribution in [1.29, 1.82) is 0 Å². The standard InChI is InChI=1S/C17H25N5O/c1-13(2)11-14(3)21(4)17(23)19-12-15-7-5-8-18-16(15)22-10-6-9-20-22/h5-10,13-14H,11-12H2,1-4H3,(H,19,23)/t14-/m0/s1. The van der Waals surface area contributed by atoms with Gasteiger partial charge < -0.3 is 10.2 Å². The van der Waals surface area contributed by atoms with Gasteiger partial charge in [-0.05, 0) is 31.4 Å². The van der Waals surface area contributed by atoms with Crippen molar-refractivity contribution >= 4 is 6.03 Å². The molecular weight excluding hydrogens is 290 g/mol. The summed E-state index contributed by atoms with van der Waals surface area (Å²) in [6.45, 7) is 6.81. The molecule has 0 spiro atoms. The van der Waals surface area contributed by atoms with Gasteiger partial charge in [0.15, 0.2) is 5.82 Å². The van der Waals surface area contributed by atoms with E-state index in [2.05, 4.69) is 36.2 Å². The van der Waals surface area contributed by atoms with E-state index in [1.54, 1.807) is 22.0 Å². The second-order valence-electron chi connectivity index (χ2n) is 6.18. The Hall–Kier alpha value is -2.37. The second kappa shape index (κ2) is 7.76. The molecule has 23 heavy (non-hydrogen) atoms. The van der Waals surface area contributed by atoms with E-state index in [1.807, 2.05) is 31.4 Å². The number of urea groups is 1. The van der Waals surface area contributed by atoms with Gasteiger partial charge in [0.2, 0.25) is 0 Å². The molecule has 0 saturated heterocycles. The molecule has 2 heterocycles. The normalized spacial score (nSPS) is 12.2. The molecule has 0 unspecified atom stereocenters.